The molecular weight excluding hydrogens is 323 g/mol. The Kier molecular flexibility index (Phi) is 4.84. The van der Waals surface area contributed by atoms with E-state index < -0.39 is 16.5 Å². The predicted molar refractivity (Wildman–Crippen MR) is 82.4 cm³/mol. The zero-order chi connectivity index (χ0) is 17.0. The van der Waals surface area contributed by atoms with E-state index in [0.29, 0.717) is 0 Å². The monoisotopic (exact) mass is 330 g/mol. The van der Waals surface area contributed by atoms with Crippen molar-refractivity contribution < 1.29 is 14.1 Å². The smallest absolute Gasteiger partial charge is 0.288 e. The molecule has 0 unspecified atom stereocenters. The molecule has 0 spiro atoms. The molecule has 0 radical (unpaired) electrons. The van der Waals surface area contributed by atoms with Gasteiger partial charge in [0.1, 0.15) is 22.5 Å². The Morgan fingerprint density at radius 3 is 2.61 bits per heavy atom. The summed E-state index contributed by atoms with van der Waals surface area (Å²) in [6, 6.07) is 10.8. The lowest BCUT2D eigenvalue weighted by Gasteiger charge is -2.02. The van der Waals surface area contributed by atoms with Crippen molar-refractivity contribution in [3.63, 3.8) is 0 Å². The molecule has 0 aliphatic heterocycles. The lowest BCUT2D eigenvalue weighted by Crippen LogP contribution is -2.04. The average molecular weight is 331 g/mol. The number of hydrogen-bond acceptors (Lipinski definition) is 4. The van der Waals surface area contributed by atoms with Crippen molar-refractivity contribution in [2.75, 3.05) is 0 Å². The summed E-state index contributed by atoms with van der Waals surface area (Å²) in [5.41, 5.74) is -0.700. The highest BCUT2D eigenvalue weighted by Crippen LogP contribution is 2.26. The number of carbonyl (C=O) groups excluding carboxylic acids is 1. The molecule has 0 N–H and O–H groups in total. The first kappa shape index (κ1) is 16.3. The van der Waals surface area contributed by atoms with E-state index in [1.54, 1.807) is 6.07 Å². The van der Waals surface area contributed by atoms with Gasteiger partial charge in [0.25, 0.3) is 5.69 Å². The summed E-state index contributed by atoms with van der Waals surface area (Å²) in [6.45, 7) is 0. The number of carbonyl (C=O) groups is 1. The molecular formula is C16H8ClFN2O3. The van der Waals surface area contributed by atoms with E-state index in [9.17, 15) is 19.3 Å². The minimum atomic E-state index is -0.803. The van der Waals surface area contributed by atoms with Crippen LogP contribution in [0.3, 0.4) is 0 Å². The van der Waals surface area contributed by atoms with Crippen LogP contribution < -0.4 is 0 Å². The molecule has 0 aliphatic carbocycles. The molecule has 23 heavy (non-hydrogen) atoms. The minimum Gasteiger partial charge on any atom is -0.288 e. The number of halogens is 2. The fraction of sp³-hybridized carbons (Fsp3) is 0. The molecule has 0 fully saturated rings. The van der Waals surface area contributed by atoms with Crippen LogP contribution in [0.1, 0.15) is 15.9 Å². The van der Waals surface area contributed by atoms with Gasteiger partial charge in [-0.15, -0.1) is 0 Å². The molecule has 0 atom stereocenters. The van der Waals surface area contributed by atoms with Crippen LogP contribution in [-0.4, -0.2) is 10.7 Å². The first-order chi connectivity index (χ1) is 10.9. The second-order valence-electron chi connectivity index (χ2n) is 4.45. The number of benzene rings is 2. The highest BCUT2D eigenvalue weighted by molar-refractivity contribution is 6.32. The molecule has 0 aliphatic rings. The van der Waals surface area contributed by atoms with E-state index in [0.717, 1.165) is 18.2 Å². The second-order valence-corrected chi connectivity index (χ2v) is 4.85. The van der Waals surface area contributed by atoms with Crippen LogP contribution in [0, 0.1) is 27.3 Å². The molecule has 0 heterocycles. The molecule has 2 aromatic carbocycles. The molecule has 0 amide bonds. The third-order valence-corrected chi connectivity index (χ3v) is 3.28. The lowest BCUT2D eigenvalue weighted by atomic mass is 10.0. The number of allylic oxidation sites excluding steroid dienone is 1. The Labute approximate surface area is 135 Å². The van der Waals surface area contributed by atoms with Crippen LogP contribution in [0.2, 0.25) is 5.02 Å². The Morgan fingerprint density at radius 1 is 1.30 bits per heavy atom. The number of rotatable bonds is 4. The first-order valence-corrected chi connectivity index (χ1v) is 6.67. The lowest BCUT2D eigenvalue weighted by molar-refractivity contribution is -0.384. The Balaban J connectivity index is 2.46. The number of hydrogen-bond donors (Lipinski definition) is 0. The SMILES string of the molecule is N#C/C(=C\c1ccc(Cl)c([N+](=O)[O-])c1)C(=O)c1ccccc1F. The van der Waals surface area contributed by atoms with Gasteiger partial charge in [0.2, 0.25) is 5.78 Å². The van der Waals surface area contributed by atoms with Crippen LogP contribution in [-0.2, 0) is 0 Å². The topological polar surface area (TPSA) is 84.0 Å². The number of Topliss-reactive ketones (excluding diaryl/α,β-unsaturated/α-hetero) is 1. The summed E-state index contributed by atoms with van der Waals surface area (Å²) in [4.78, 5) is 22.4. The van der Waals surface area contributed by atoms with E-state index in [1.807, 2.05) is 0 Å². The van der Waals surface area contributed by atoms with Gasteiger partial charge < -0.3 is 0 Å². The van der Waals surface area contributed by atoms with E-state index in [1.165, 1.54) is 30.3 Å². The van der Waals surface area contributed by atoms with Gasteiger partial charge in [0.15, 0.2) is 0 Å². The summed E-state index contributed by atoms with van der Waals surface area (Å²) < 4.78 is 13.6. The number of nitrogens with zero attached hydrogens (tertiary/aromatic N) is 2. The Hall–Kier alpha value is -3.04. The fourth-order valence-electron chi connectivity index (χ4n) is 1.87. The molecule has 7 heteroatoms. The van der Waals surface area contributed by atoms with Gasteiger partial charge >= 0.3 is 0 Å². The van der Waals surface area contributed by atoms with Gasteiger partial charge in [-0.3, -0.25) is 14.9 Å². The third kappa shape index (κ3) is 3.59. The average Bonchev–Trinajstić information content (AvgIpc) is 2.53. The summed E-state index contributed by atoms with van der Waals surface area (Å²) in [5, 5.41) is 19.9. The van der Waals surface area contributed by atoms with Crippen molar-refractivity contribution in [3.05, 3.63) is 80.1 Å². The highest BCUT2D eigenvalue weighted by atomic mass is 35.5. The van der Waals surface area contributed by atoms with Crippen molar-refractivity contribution in [2.45, 2.75) is 0 Å². The number of nitro benzene ring substituents is 1. The summed E-state index contributed by atoms with van der Waals surface area (Å²) in [6.07, 6.45) is 1.15. The summed E-state index contributed by atoms with van der Waals surface area (Å²) in [7, 11) is 0. The molecule has 2 aromatic rings. The van der Waals surface area contributed by atoms with Crippen LogP contribution in [0.5, 0.6) is 0 Å². The maximum absolute atomic E-state index is 13.6. The first-order valence-electron chi connectivity index (χ1n) is 6.29. The predicted octanol–water partition coefficient (Wildman–Crippen LogP) is 4.18. The molecule has 5 nitrogen and oxygen atoms in total. The largest absolute Gasteiger partial charge is 0.288 e. The van der Waals surface area contributed by atoms with Crippen molar-refractivity contribution in [2.24, 2.45) is 0 Å². The number of nitriles is 1. The van der Waals surface area contributed by atoms with Gasteiger partial charge in [-0.1, -0.05) is 29.8 Å². The zero-order valence-electron chi connectivity index (χ0n) is 11.5. The Morgan fingerprint density at radius 2 is 2.00 bits per heavy atom. The van der Waals surface area contributed by atoms with E-state index in [-0.39, 0.29) is 27.4 Å². The van der Waals surface area contributed by atoms with E-state index in [4.69, 9.17) is 16.9 Å². The van der Waals surface area contributed by atoms with Crippen LogP contribution in [0.4, 0.5) is 10.1 Å². The fourth-order valence-corrected chi connectivity index (χ4v) is 2.05. The number of ketones is 1. The Bertz CT molecular complexity index is 872. The van der Waals surface area contributed by atoms with Crippen molar-refractivity contribution in [3.8, 4) is 6.07 Å². The van der Waals surface area contributed by atoms with Gasteiger partial charge in [0.05, 0.1) is 10.5 Å². The van der Waals surface area contributed by atoms with Crippen LogP contribution in [0.15, 0.2) is 48.0 Å². The molecule has 0 bridgehead atoms. The maximum Gasteiger partial charge on any atom is 0.288 e. The summed E-state index contributed by atoms with van der Waals surface area (Å²) >= 11 is 5.70. The molecule has 114 valence electrons. The van der Waals surface area contributed by atoms with Crippen LogP contribution in [0.25, 0.3) is 6.08 Å². The van der Waals surface area contributed by atoms with Crippen molar-refractivity contribution in [1.29, 1.82) is 5.26 Å². The van der Waals surface area contributed by atoms with Crippen LogP contribution >= 0.6 is 11.6 Å². The number of nitro groups is 1. The molecule has 2 rings (SSSR count). The normalized spacial score (nSPS) is 10.9. The highest BCUT2D eigenvalue weighted by Gasteiger charge is 2.17. The molecule has 0 saturated heterocycles. The molecule has 0 saturated carbocycles. The zero-order valence-corrected chi connectivity index (χ0v) is 12.2. The van der Waals surface area contributed by atoms with E-state index >= 15 is 0 Å². The van der Waals surface area contributed by atoms with Gasteiger partial charge in [-0.2, -0.15) is 5.26 Å². The van der Waals surface area contributed by atoms with Gasteiger partial charge in [-0.25, -0.2) is 4.39 Å². The second kappa shape index (κ2) is 6.81. The van der Waals surface area contributed by atoms with Crippen molar-refractivity contribution >= 4 is 29.1 Å². The third-order valence-electron chi connectivity index (χ3n) is 2.96. The molecule has 0 aromatic heterocycles. The van der Waals surface area contributed by atoms with Gasteiger partial charge in [0, 0.05) is 6.07 Å². The van der Waals surface area contributed by atoms with Gasteiger partial charge in [-0.05, 0) is 29.8 Å². The summed E-state index contributed by atoms with van der Waals surface area (Å²) in [5.74, 6) is -1.55. The quantitative estimate of drug-likeness (QED) is 0.277. The minimum absolute atomic E-state index is 0.0638. The van der Waals surface area contributed by atoms with E-state index in [2.05, 4.69) is 0 Å². The standard InChI is InChI=1S/C16H8ClFN2O3/c17-13-6-5-10(8-15(13)20(22)23)7-11(9-19)16(21)12-3-1-2-4-14(12)18/h1-8H/b11-7+. The van der Waals surface area contributed by atoms with Crippen molar-refractivity contribution in [1.82, 2.24) is 0 Å². The maximum atomic E-state index is 13.6.